The number of halogens is 1. The molecule has 0 radical (unpaired) electrons. The van der Waals surface area contributed by atoms with E-state index in [9.17, 15) is 14.7 Å². The smallest absolute Gasteiger partial charge is 0.224 e. The Labute approximate surface area is 226 Å². The number of thiophene rings is 1. The van der Waals surface area contributed by atoms with E-state index in [1.54, 1.807) is 18.3 Å². The van der Waals surface area contributed by atoms with Gasteiger partial charge in [0.2, 0.25) is 11.3 Å². The number of nitrogens with one attached hydrogen (secondary N) is 1. The molecule has 0 aliphatic heterocycles. The van der Waals surface area contributed by atoms with Crippen LogP contribution in [0.4, 0.5) is 0 Å². The first-order chi connectivity index (χ1) is 17.8. The monoisotopic (exact) mass is 537 g/mol. The fraction of sp³-hybridized carbons (Fsp3) is 0.310. The number of aromatic nitrogens is 1. The van der Waals surface area contributed by atoms with Crippen LogP contribution in [-0.4, -0.2) is 40.7 Å². The molecular weight excluding hydrogens is 506 g/mol. The van der Waals surface area contributed by atoms with Gasteiger partial charge < -0.3 is 19.9 Å². The molecule has 6 nitrogen and oxygen atoms in total. The van der Waals surface area contributed by atoms with Crippen LogP contribution in [0.25, 0.3) is 10.2 Å². The molecule has 0 bridgehead atoms. The molecular formula is C29H32ClN3O3S. The van der Waals surface area contributed by atoms with E-state index in [-0.39, 0.29) is 30.3 Å². The Balaban J connectivity index is 1.48. The molecule has 37 heavy (non-hydrogen) atoms. The van der Waals surface area contributed by atoms with E-state index in [2.05, 4.69) is 10.2 Å². The molecule has 0 saturated carbocycles. The summed E-state index contributed by atoms with van der Waals surface area (Å²) in [4.78, 5) is 29.2. The zero-order valence-electron chi connectivity index (χ0n) is 21.3. The van der Waals surface area contributed by atoms with E-state index in [4.69, 9.17) is 11.6 Å². The van der Waals surface area contributed by atoms with Crippen molar-refractivity contribution < 1.29 is 9.90 Å². The van der Waals surface area contributed by atoms with Crippen molar-refractivity contribution in [3.8, 4) is 0 Å². The molecule has 0 saturated heterocycles. The van der Waals surface area contributed by atoms with Crippen molar-refractivity contribution in [1.82, 2.24) is 14.8 Å². The third-order valence-corrected chi connectivity index (χ3v) is 8.12. The minimum atomic E-state index is -0.199. The van der Waals surface area contributed by atoms with Gasteiger partial charge in [-0.3, -0.25) is 9.59 Å². The van der Waals surface area contributed by atoms with Crippen molar-refractivity contribution in [2.45, 2.75) is 32.4 Å². The fourth-order valence-electron chi connectivity index (χ4n) is 4.63. The molecule has 0 spiro atoms. The van der Waals surface area contributed by atoms with Gasteiger partial charge >= 0.3 is 0 Å². The highest BCUT2D eigenvalue weighted by atomic mass is 35.5. The van der Waals surface area contributed by atoms with Crippen molar-refractivity contribution in [2.75, 3.05) is 20.2 Å². The van der Waals surface area contributed by atoms with Crippen LogP contribution in [0.5, 0.6) is 0 Å². The molecule has 1 amide bonds. The first kappa shape index (κ1) is 27.1. The van der Waals surface area contributed by atoms with E-state index in [0.29, 0.717) is 34.9 Å². The van der Waals surface area contributed by atoms with Gasteiger partial charge in [0.15, 0.2) is 0 Å². The molecule has 1 atom stereocenters. The van der Waals surface area contributed by atoms with Crippen LogP contribution in [0.1, 0.15) is 33.0 Å². The Morgan fingerprint density at radius 1 is 1.16 bits per heavy atom. The minimum Gasteiger partial charge on any atom is -0.396 e. The summed E-state index contributed by atoms with van der Waals surface area (Å²) in [5.41, 5.74) is 4.43. The molecule has 0 fully saturated rings. The summed E-state index contributed by atoms with van der Waals surface area (Å²) < 4.78 is 2.63. The lowest BCUT2D eigenvalue weighted by Crippen LogP contribution is -2.27. The van der Waals surface area contributed by atoms with Gasteiger partial charge in [-0.15, -0.1) is 11.3 Å². The average molecular weight is 538 g/mol. The number of aliphatic hydroxyl groups is 1. The number of benzene rings is 2. The number of likely N-dealkylation sites (N-methyl/N-ethyl adjacent to an activating group) is 1. The highest BCUT2D eigenvalue weighted by Crippen LogP contribution is 2.30. The SMILES string of the molecule is Cc1c(CN(C)CC(CO)c2ccccc2)sc2c(=O)c(CC(=O)NCc3ccc(Cl)cc3)cn(C)c12. The van der Waals surface area contributed by atoms with E-state index < -0.39 is 0 Å². The Morgan fingerprint density at radius 2 is 1.86 bits per heavy atom. The van der Waals surface area contributed by atoms with Crippen LogP contribution < -0.4 is 10.7 Å². The quantitative estimate of drug-likeness (QED) is 0.309. The van der Waals surface area contributed by atoms with Crippen molar-refractivity contribution >= 4 is 39.1 Å². The number of pyridine rings is 1. The Kier molecular flexibility index (Phi) is 8.82. The lowest BCUT2D eigenvalue weighted by Gasteiger charge is -2.23. The highest BCUT2D eigenvalue weighted by molar-refractivity contribution is 7.19. The number of amides is 1. The predicted octanol–water partition coefficient (Wildman–Crippen LogP) is 4.63. The summed E-state index contributed by atoms with van der Waals surface area (Å²) in [5.74, 6) is -0.180. The summed E-state index contributed by atoms with van der Waals surface area (Å²) in [6.07, 6.45) is 1.80. The average Bonchev–Trinajstić information content (AvgIpc) is 3.22. The topological polar surface area (TPSA) is 74.6 Å². The first-order valence-electron chi connectivity index (χ1n) is 12.2. The van der Waals surface area contributed by atoms with Gasteiger partial charge in [-0.2, -0.15) is 0 Å². The van der Waals surface area contributed by atoms with Crippen LogP contribution in [0.15, 0.2) is 65.6 Å². The number of carbonyl (C=O) groups excluding carboxylic acids is 1. The third-order valence-electron chi connectivity index (χ3n) is 6.60. The molecule has 2 N–H and O–H groups in total. The van der Waals surface area contributed by atoms with Gasteiger partial charge in [-0.1, -0.05) is 54.1 Å². The first-order valence-corrected chi connectivity index (χ1v) is 13.4. The number of rotatable bonds is 10. The van der Waals surface area contributed by atoms with Gasteiger partial charge in [0.25, 0.3) is 0 Å². The fourth-order valence-corrected chi connectivity index (χ4v) is 6.15. The molecule has 4 rings (SSSR count). The largest absolute Gasteiger partial charge is 0.396 e. The zero-order chi connectivity index (χ0) is 26.5. The van der Waals surface area contributed by atoms with Gasteiger partial charge in [-0.05, 0) is 42.8 Å². The molecule has 2 aromatic heterocycles. The van der Waals surface area contributed by atoms with Crippen LogP contribution in [-0.2, 0) is 31.4 Å². The number of hydrogen-bond donors (Lipinski definition) is 2. The van der Waals surface area contributed by atoms with Gasteiger partial charge in [0.1, 0.15) is 0 Å². The molecule has 8 heteroatoms. The highest BCUT2D eigenvalue weighted by Gasteiger charge is 2.20. The van der Waals surface area contributed by atoms with Crippen molar-refractivity contribution in [1.29, 1.82) is 0 Å². The van der Waals surface area contributed by atoms with Gasteiger partial charge in [0, 0.05) is 54.3 Å². The summed E-state index contributed by atoms with van der Waals surface area (Å²) in [6, 6.07) is 17.3. The normalized spacial score (nSPS) is 12.3. The van der Waals surface area contributed by atoms with Crippen LogP contribution >= 0.6 is 22.9 Å². The number of aryl methyl sites for hydroxylation is 2. The maximum Gasteiger partial charge on any atom is 0.224 e. The van der Waals surface area contributed by atoms with Crippen molar-refractivity contribution in [2.24, 2.45) is 7.05 Å². The zero-order valence-corrected chi connectivity index (χ0v) is 22.9. The Hall–Kier alpha value is -2.97. The predicted molar refractivity (Wildman–Crippen MR) is 151 cm³/mol. The van der Waals surface area contributed by atoms with E-state index >= 15 is 0 Å². The lowest BCUT2D eigenvalue weighted by atomic mass is 9.99. The van der Waals surface area contributed by atoms with Crippen molar-refractivity contribution in [3.05, 3.63) is 103 Å². The van der Waals surface area contributed by atoms with Gasteiger partial charge in [0.05, 0.1) is 23.2 Å². The molecule has 2 heterocycles. The van der Waals surface area contributed by atoms with Gasteiger partial charge in [-0.25, -0.2) is 0 Å². The van der Waals surface area contributed by atoms with Crippen LogP contribution in [0.3, 0.4) is 0 Å². The van der Waals surface area contributed by atoms with Crippen LogP contribution in [0.2, 0.25) is 5.02 Å². The minimum absolute atomic E-state index is 0.0186. The molecule has 1 unspecified atom stereocenters. The molecule has 0 aliphatic carbocycles. The third kappa shape index (κ3) is 6.48. The second kappa shape index (κ2) is 12.0. The number of nitrogens with zero attached hydrogens (tertiary/aromatic N) is 2. The molecule has 0 aliphatic rings. The lowest BCUT2D eigenvalue weighted by molar-refractivity contribution is -0.120. The van der Waals surface area contributed by atoms with E-state index in [1.165, 1.54) is 11.3 Å². The summed E-state index contributed by atoms with van der Waals surface area (Å²) in [7, 11) is 3.95. The maximum atomic E-state index is 13.3. The number of aliphatic hydroxyl groups excluding tert-OH is 1. The Morgan fingerprint density at radius 3 is 2.54 bits per heavy atom. The maximum absolute atomic E-state index is 13.3. The van der Waals surface area contributed by atoms with Crippen LogP contribution in [0, 0.1) is 6.92 Å². The second-order valence-corrected chi connectivity index (χ2v) is 11.0. The standard InChI is InChI=1S/C29H32ClN3O3S/c1-19-25(17-32(2)15-23(18-34)21-7-5-4-6-8-21)37-29-27(19)33(3)16-22(28(29)36)13-26(35)31-14-20-9-11-24(30)12-10-20/h4-12,16,23,34H,13-15,17-18H2,1-3H3,(H,31,35). The number of carbonyl (C=O) groups is 1. The van der Waals surface area contributed by atoms with Crippen molar-refractivity contribution in [3.63, 3.8) is 0 Å². The van der Waals surface area contributed by atoms with E-state index in [1.807, 2.05) is 68.1 Å². The second-order valence-electron chi connectivity index (χ2n) is 9.49. The summed E-state index contributed by atoms with van der Waals surface area (Å²) in [5, 5.41) is 13.5. The summed E-state index contributed by atoms with van der Waals surface area (Å²) >= 11 is 7.41. The molecule has 194 valence electrons. The number of fused-ring (bicyclic) bond motifs is 1. The molecule has 4 aromatic rings. The summed E-state index contributed by atoms with van der Waals surface area (Å²) in [6.45, 7) is 3.86. The molecule has 2 aromatic carbocycles. The van der Waals surface area contributed by atoms with E-state index in [0.717, 1.165) is 27.1 Å². The Bertz CT molecular complexity index is 1430. The number of hydrogen-bond acceptors (Lipinski definition) is 5.